The van der Waals surface area contributed by atoms with Crippen LogP contribution in [0.1, 0.15) is 48.3 Å². The molecular formula is C25H29F5N2O2S. The predicted molar refractivity (Wildman–Crippen MR) is 124 cm³/mol. The second-order valence-electron chi connectivity index (χ2n) is 9.23. The van der Waals surface area contributed by atoms with Gasteiger partial charge >= 0.3 is 6.18 Å². The molecule has 1 atom stereocenters. The Morgan fingerprint density at radius 1 is 0.971 bits per heavy atom. The highest BCUT2D eigenvalue weighted by Crippen LogP contribution is 2.34. The number of alkyl halides is 3. The summed E-state index contributed by atoms with van der Waals surface area (Å²) in [6, 6.07) is 7.94. The monoisotopic (exact) mass is 516 g/mol. The Bertz CT molecular complexity index is 1030. The van der Waals surface area contributed by atoms with Gasteiger partial charge in [-0.15, -0.1) is 0 Å². The Labute approximate surface area is 204 Å². The second-order valence-corrected chi connectivity index (χ2v) is 10.6. The van der Waals surface area contributed by atoms with Crippen molar-refractivity contribution in [2.75, 3.05) is 32.4 Å². The van der Waals surface area contributed by atoms with Gasteiger partial charge in [-0.3, -0.25) is 4.90 Å². The van der Waals surface area contributed by atoms with E-state index >= 15 is 0 Å². The fourth-order valence-electron chi connectivity index (χ4n) is 4.83. The molecule has 2 aromatic rings. The summed E-state index contributed by atoms with van der Waals surface area (Å²) in [7, 11) is -1.04. The zero-order valence-corrected chi connectivity index (χ0v) is 20.3. The predicted octanol–water partition coefficient (Wildman–Crippen LogP) is 5.50. The van der Waals surface area contributed by atoms with Crippen LogP contribution >= 0.6 is 0 Å². The summed E-state index contributed by atoms with van der Waals surface area (Å²) in [5, 5.41) is 0. The molecule has 4 nitrogen and oxygen atoms in total. The van der Waals surface area contributed by atoms with E-state index in [9.17, 15) is 26.2 Å². The number of benzene rings is 2. The zero-order chi connectivity index (χ0) is 25.2. The normalized spacial score (nSPS) is 20.2. The Morgan fingerprint density at radius 2 is 1.60 bits per heavy atom. The molecule has 0 N–H and O–H groups in total. The number of halogens is 5. The molecule has 2 heterocycles. The van der Waals surface area contributed by atoms with Crippen molar-refractivity contribution in [3.8, 4) is 5.75 Å². The number of likely N-dealkylation sites (tertiary alicyclic amines) is 1. The number of piperidine rings is 2. The fourth-order valence-corrected chi connectivity index (χ4v) is 5.56. The molecule has 35 heavy (non-hydrogen) atoms. The molecule has 0 saturated carbocycles. The van der Waals surface area contributed by atoms with Crippen LogP contribution in [0.5, 0.6) is 5.75 Å². The Hall–Kier alpha value is -2.04. The number of ether oxygens (including phenoxy) is 1. The lowest BCUT2D eigenvalue weighted by Crippen LogP contribution is -2.38. The summed E-state index contributed by atoms with van der Waals surface area (Å²) in [5.74, 6) is -1.83. The largest absolute Gasteiger partial charge is 0.484 e. The summed E-state index contributed by atoms with van der Waals surface area (Å²) < 4.78 is 87.6. The maximum absolute atomic E-state index is 14.8. The minimum Gasteiger partial charge on any atom is -0.484 e. The molecule has 2 aliphatic heterocycles. The molecule has 2 aliphatic rings. The second kappa shape index (κ2) is 10.9. The lowest BCUT2D eigenvalue weighted by molar-refractivity contribution is -0.137. The minimum atomic E-state index is -4.38. The van der Waals surface area contributed by atoms with Crippen LogP contribution in [0.2, 0.25) is 0 Å². The van der Waals surface area contributed by atoms with Crippen LogP contribution in [0, 0.1) is 11.6 Å². The molecule has 1 unspecified atom stereocenters. The van der Waals surface area contributed by atoms with E-state index in [1.54, 1.807) is 12.3 Å². The maximum Gasteiger partial charge on any atom is 0.416 e. The standard InChI is InChI=1S/C25H29F5N2O2S/c1-35(33)32-11-5-18(6-12-32)19-14-22(26)24(23(27)15-19)34-21-7-9-31(10-8-21)16-17-3-2-4-20(13-17)25(28,29)30/h2-4,13-15,18,21H,5-12,16H2,1H3. The van der Waals surface area contributed by atoms with Crippen molar-refractivity contribution in [1.82, 2.24) is 9.21 Å². The van der Waals surface area contributed by atoms with E-state index in [4.69, 9.17) is 4.74 Å². The van der Waals surface area contributed by atoms with Gasteiger partial charge < -0.3 is 4.74 Å². The van der Waals surface area contributed by atoms with Crippen LogP contribution in [0.3, 0.4) is 0 Å². The molecule has 4 rings (SSSR count). The first kappa shape index (κ1) is 26.0. The third-order valence-corrected chi connectivity index (χ3v) is 7.88. The molecule has 10 heteroatoms. The quantitative estimate of drug-likeness (QED) is 0.476. The van der Waals surface area contributed by atoms with E-state index in [0.717, 1.165) is 12.1 Å². The first-order valence-corrected chi connectivity index (χ1v) is 13.2. The SMILES string of the molecule is CS(=O)N1CCC(c2cc(F)c(OC3CCN(Cc4cccc(C(F)(F)F)c4)CC3)c(F)c2)CC1. The van der Waals surface area contributed by atoms with E-state index in [2.05, 4.69) is 0 Å². The first-order chi connectivity index (χ1) is 16.6. The number of hydrogen-bond acceptors (Lipinski definition) is 3. The molecule has 0 spiro atoms. The molecule has 2 saturated heterocycles. The van der Waals surface area contributed by atoms with Crippen LogP contribution in [0.15, 0.2) is 36.4 Å². The van der Waals surface area contributed by atoms with Crippen molar-refractivity contribution in [3.63, 3.8) is 0 Å². The first-order valence-electron chi connectivity index (χ1n) is 11.7. The highest BCUT2D eigenvalue weighted by molar-refractivity contribution is 7.81. The average molecular weight is 517 g/mol. The van der Waals surface area contributed by atoms with E-state index in [1.807, 2.05) is 9.21 Å². The highest BCUT2D eigenvalue weighted by atomic mass is 32.2. The number of nitrogens with zero attached hydrogens (tertiary/aromatic N) is 2. The molecule has 0 bridgehead atoms. The molecule has 192 valence electrons. The van der Waals surface area contributed by atoms with Gasteiger partial charge in [0.15, 0.2) is 17.4 Å². The molecule has 2 aromatic carbocycles. The summed E-state index contributed by atoms with van der Waals surface area (Å²) in [4.78, 5) is 2.01. The summed E-state index contributed by atoms with van der Waals surface area (Å²) >= 11 is 0. The van der Waals surface area contributed by atoms with Gasteiger partial charge in [0.1, 0.15) is 6.10 Å². The fraction of sp³-hybridized carbons (Fsp3) is 0.520. The van der Waals surface area contributed by atoms with Crippen molar-refractivity contribution in [2.24, 2.45) is 0 Å². The van der Waals surface area contributed by atoms with Crippen LogP contribution < -0.4 is 4.74 Å². The van der Waals surface area contributed by atoms with Gasteiger partial charge in [-0.1, -0.05) is 18.2 Å². The van der Waals surface area contributed by atoms with Crippen LogP contribution in [-0.2, 0) is 23.7 Å². The van der Waals surface area contributed by atoms with Crippen LogP contribution in [-0.4, -0.2) is 52.0 Å². The average Bonchev–Trinajstić information content (AvgIpc) is 2.82. The van der Waals surface area contributed by atoms with E-state index in [1.165, 1.54) is 18.2 Å². The van der Waals surface area contributed by atoms with Crippen molar-refractivity contribution >= 4 is 11.0 Å². The Morgan fingerprint density at radius 3 is 2.17 bits per heavy atom. The lowest BCUT2D eigenvalue weighted by atomic mass is 9.90. The zero-order valence-electron chi connectivity index (χ0n) is 19.5. The molecule has 0 amide bonds. The van der Waals surface area contributed by atoms with E-state index < -0.39 is 34.4 Å². The van der Waals surface area contributed by atoms with Crippen molar-refractivity contribution in [3.05, 3.63) is 64.7 Å². The van der Waals surface area contributed by atoms with Crippen LogP contribution in [0.25, 0.3) is 0 Å². The van der Waals surface area contributed by atoms with Crippen molar-refractivity contribution < 1.29 is 30.9 Å². The highest BCUT2D eigenvalue weighted by Gasteiger charge is 2.31. The van der Waals surface area contributed by atoms with Crippen molar-refractivity contribution in [1.29, 1.82) is 0 Å². The third-order valence-electron chi connectivity index (χ3n) is 6.79. The molecular weight excluding hydrogens is 487 g/mol. The summed E-state index contributed by atoms with van der Waals surface area (Å²) in [6.45, 7) is 2.72. The van der Waals surface area contributed by atoms with Gasteiger partial charge in [-0.25, -0.2) is 17.3 Å². The van der Waals surface area contributed by atoms with Gasteiger partial charge in [-0.05, 0) is 60.9 Å². The van der Waals surface area contributed by atoms with Gasteiger partial charge in [0, 0.05) is 39.0 Å². The smallest absolute Gasteiger partial charge is 0.416 e. The van der Waals surface area contributed by atoms with E-state index in [-0.39, 0.29) is 17.8 Å². The Balaban J connectivity index is 1.32. The van der Waals surface area contributed by atoms with Gasteiger partial charge in [-0.2, -0.15) is 13.2 Å². The van der Waals surface area contributed by atoms with Gasteiger partial charge in [0.25, 0.3) is 0 Å². The number of rotatable bonds is 6. The minimum absolute atomic E-state index is 0.00642. The van der Waals surface area contributed by atoms with E-state index in [0.29, 0.717) is 69.5 Å². The van der Waals surface area contributed by atoms with Crippen molar-refractivity contribution in [2.45, 2.75) is 50.4 Å². The molecule has 0 aromatic heterocycles. The maximum atomic E-state index is 14.8. The number of hydrogen-bond donors (Lipinski definition) is 0. The van der Waals surface area contributed by atoms with Gasteiger partial charge in [0.2, 0.25) is 0 Å². The lowest BCUT2D eigenvalue weighted by Gasteiger charge is -2.32. The third kappa shape index (κ3) is 6.59. The molecule has 0 aliphatic carbocycles. The van der Waals surface area contributed by atoms with Crippen LogP contribution in [0.4, 0.5) is 22.0 Å². The molecule has 0 radical (unpaired) electrons. The molecule has 2 fully saturated rings. The topological polar surface area (TPSA) is 32.8 Å². The van der Waals surface area contributed by atoms with Gasteiger partial charge in [0.05, 0.1) is 16.5 Å². The Kier molecular flexibility index (Phi) is 8.12. The summed E-state index contributed by atoms with van der Waals surface area (Å²) in [5.41, 5.74) is 0.487. The summed E-state index contributed by atoms with van der Waals surface area (Å²) in [6.07, 6.45) is -0.718.